The summed E-state index contributed by atoms with van der Waals surface area (Å²) in [7, 11) is 0. The van der Waals surface area contributed by atoms with Gasteiger partial charge in [0.25, 0.3) is 11.8 Å². The van der Waals surface area contributed by atoms with Crippen molar-refractivity contribution in [1.82, 2.24) is 24.9 Å². The molecule has 2 fully saturated rings. The fourth-order valence-electron chi connectivity index (χ4n) is 5.53. The minimum Gasteiger partial charge on any atom is -0.420 e. The SMILES string of the molecule is Cc1nnc(-c2cc(CC(C)C)n(-c3cccc(C(=O)N4CCC[C@@H]5CCCC[C@@H]54)c3)n2)o1. The summed E-state index contributed by atoms with van der Waals surface area (Å²) in [4.78, 5) is 15.7. The molecule has 1 aliphatic heterocycles. The summed E-state index contributed by atoms with van der Waals surface area (Å²) in [5, 5.41) is 12.9. The molecule has 2 aromatic heterocycles. The topological polar surface area (TPSA) is 77.1 Å². The molecule has 174 valence electrons. The standard InChI is InChI=1S/C26H33N5O2/c1-17(2)14-22-16-23(25-28-27-18(3)33-25)29-31(22)21-11-6-9-20(15-21)26(32)30-13-7-10-19-8-4-5-12-24(19)30/h6,9,11,15-17,19,24H,4-5,7-8,10,12-14H2,1-3H3/t19-,24-/m0/s1. The van der Waals surface area contributed by atoms with Crippen LogP contribution in [-0.4, -0.2) is 43.4 Å². The average Bonchev–Trinajstić information content (AvgIpc) is 3.44. The van der Waals surface area contributed by atoms with Crippen molar-refractivity contribution in [2.75, 3.05) is 6.54 Å². The van der Waals surface area contributed by atoms with Crippen LogP contribution in [0.15, 0.2) is 34.7 Å². The molecule has 1 aliphatic carbocycles. The van der Waals surface area contributed by atoms with Crippen molar-refractivity contribution >= 4 is 5.91 Å². The Bertz CT molecular complexity index is 1130. The van der Waals surface area contributed by atoms with E-state index in [1.807, 2.05) is 35.0 Å². The van der Waals surface area contributed by atoms with Gasteiger partial charge in [0.1, 0.15) is 5.69 Å². The van der Waals surface area contributed by atoms with Gasteiger partial charge in [-0.15, -0.1) is 10.2 Å². The summed E-state index contributed by atoms with van der Waals surface area (Å²) >= 11 is 0. The van der Waals surface area contributed by atoms with Crippen LogP contribution in [0.3, 0.4) is 0 Å². The van der Waals surface area contributed by atoms with Crippen LogP contribution in [0.4, 0.5) is 0 Å². The number of hydrogen-bond acceptors (Lipinski definition) is 5. The zero-order valence-corrected chi connectivity index (χ0v) is 19.8. The van der Waals surface area contributed by atoms with Crippen molar-refractivity contribution < 1.29 is 9.21 Å². The molecule has 3 aromatic rings. The molecule has 0 N–H and O–H groups in total. The monoisotopic (exact) mass is 447 g/mol. The van der Waals surface area contributed by atoms with Gasteiger partial charge < -0.3 is 9.32 Å². The van der Waals surface area contributed by atoms with Crippen LogP contribution < -0.4 is 0 Å². The summed E-state index contributed by atoms with van der Waals surface area (Å²) in [5.41, 5.74) is 3.34. The lowest BCUT2D eigenvalue weighted by atomic mass is 9.78. The van der Waals surface area contributed by atoms with E-state index in [-0.39, 0.29) is 5.91 Å². The molecule has 1 saturated heterocycles. The molecule has 33 heavy (non-hydrogen) atoms. The third-order valence-corrected chi connectivity index (χ3v) is 6.99. The highest BCUT2D eigenvalue weighted by molar-refractivity contribution is 5.95. The first-order valence-corrected chi connectivity index (χ1v) is 12.3. The second kappa shape index (κ2) is 9.12. The van der Waals surface area contributed by atoms with E-state index in [9.17, 15) is 4.79 Å². The molecule has 0 bridgehead atoms. The fourth-order valence-corrected chi connectivity index (χ4v) is 5.53. The number of amides is 1. The molecule has 0 spiro atoms. The summed E-state index contributed by atoms with van der Waals surface area (Å²) in [6, 6.07) is 10.3. The van der Waals surface area contributed by atoms with Gasteiger partial charge in [-0.05, 0) is 68.2 Å². The molecular weight excluding hydrogens is 414 g/mol. The Morgan fingerprint density at radius 2 is 1.94 bits per heavy atom. The van der Waals surface area contributed by atoms with E-state index in [4.69, 9.17) is 9.52 Å². The van der Waals surface area contributed by atoms with Gasteiger partial charge in [0.15, 0.2) is 0 Å². The van der Waals surface area contributed by atoms with Crippen molar-refractivity contribution in [3.8, 4) is 17.3 Å². The lowest BCUT2D eigenvalue weighted by Gasteiger charge is -2.44. The maximum Gasteiger partial charge on any atom is 0.268 e. The van der Waals surface area contributed by atoms with Gasteiger partial charge in [0.05, 0.1) is 5.69 Å². The zero-order chi connectivity index (χ0) is 22.9. The first kappa shape index (κ1) is 21.9. The van der Waals surface area contributed by atoms with Crippen LogP contribution in [-0.2, 0) is 6.42 Å². The number of aromatic nitrogens is 4. The van der Waals surface area contributed by atoms with Crippen molar-refractivity contribution in [2.45, 2.75) is 71.8 Å². The second-order valence-corrected chi connectivity index (χ2v) is 9.96. The Morgan fingerprint density at radius 3 is 2.73 bits per heavy atom. The van der Waals surface area contributed by atoms with Crippen molar-refractivity contribution in [3.05, 3.63) is 47.5 Å². The number of hydrogen-bond donors (Lipinski definition) is 0. The highest BCUT2D eigenvalue weighted by Gasteiger charge is 2.36. The predicted octanol–water partition coefficient (Wildman–Crippen LogP) is 5.22. The third-order valence-electron chi connectivity index (χ3n) is 6.99. The number of carbonyl (C=O) groups is 1. The predicted molar refractivity (Wildman–Crippen MR) is 126 cm³/mol. The molecule has 1 aromatic carbocycles. The van der Waals surface area contributed by atoms with Crippen LogP contribution in [0.1, 0.15) is 74.3 Å². The molecule has 2 aliphatic rings. The molecule has 0 radical (unpaired) electrons. The third kappa shape index (κ3) is 4.45. The lowest BCUT2D eigenvalue weighted by Crippen LogP contribution is -2.49. The first-order valence-electron chi connectivity index (χ1n) is 12.3. The number of likely N-dealkylation sites (tertiary alicyclic amines) is 1. The van der Waals surface area contributed by atoms with Gasteiger partial charge in [-0.2, -0.15) is 5.10 Å². The van der Waals surface area contributed by atoms with Crippen LogP contribution >= 0.6 is 0 Å². The Kier molecular flexibility index (Phi) is 6.04. The number of nitrogens with zero attached hydrogens (tertiary/aromatic N) is 5. The molecule has 3 heterocycles. The number of piperidine rings is 1. The van der Waals surface area contributed by atoms with Gasteiger partial charge in [0, 0.05) is 30.8 Å². The number of fused-ring (bicyclic) bond motifs is 1. The van der Waals surface area contributed by atoms with Gasteiger partial charge in [0.2, 0.25) is 5.89 Å². The zero-order valence-electron chi connectivity index (χ0n) is 19.8. The lowest BCUT2D eigenvalue weighted by molar-refractivity contribution is 0.0390. The highest BCUT2D eigenvalue weighted by atomic mass is 16.4. The largest absolute Gasteiger partial charge is 0.420 e. The Balaban J connectivity index is 1.47. The normalized spacial score (nSPS) is 20.8. The first-order chi connectivity index (χ1) is 16.0. The van der Waals surface area contributed by atoms with Gasteiger partial charge >= 0.3 is 0 Å². The Morgan fingerprint density at radius 1 is 1.12 bits per heavy atom. The minimum absolute atomic E-state index is 0.152. The van der Waals surface area contributed by atoms with Crippen LogP contribution in [0.2, 0.25) is 0 Å². The average molecular weight is 448 g/mol. The maximum atomic E-state index is 13.6. The van der Waals surface area contributed by atoms with Crippen LogP contribution in [0.5, 0.6) is 0 Å². The van der Waals surface area contributed by atoms with E-state index in [1.54, 1.807) is 6.92 Å². The van der Waals surface area contributed by atoms with Crippen molar-refractivity contribution in [2.24, 2.45) is 11.8 Å². The highest BCUT2D eigenvalue weighted by Crippen LogP contribution is 2.36. The maximum absolute atomic E-state index is 13.6. The summed E-state index contributed by atoms with van der Waals surface area (Å²) in [6.45, 7) is 7.01. The minimum atomic E-state index is 0.152. The van der Waals surface area contributed by atoms with E-state index >= 15 is 0 Å². The number of benzene rings is 1. The molecule has 5 rings (SSSR count). The molecule has 1 saturated carbocycles. The summed E-state index contributed by atoms with van der Waals surface area (Å²) in [5.74, 6) is 2.21. The summed E-state index contributed by atoms with van der Waals surface area (Å²) < 4.78 is 7.53. The second-order valence-electron chi connectivity index (χ2n) is 9.96. The quantitative estimate of drug-likeness (QED) is 0.536. The van der Waals surface area contributed by atoms with E-state index in [1.165, 1.54) is 25.7 Å². The molecule has 0 unspecified atom stereocenters. The Hall–Kier alpha value is -2.96. The van der Waals surface area contributed by atoms with Crippen LogP contribution in [0, 0.1) is 18.8 Å². The fraction of sp³-hybridized carbons (Fsp3) is 0.538. The van der Waals surface area contributed by atoms with Crippen molar-refractivity contribution in [1.29, 1.82) is 0 Å². The summed E-state index contributed by atoms with van der Waals surface area (Å²) in [6.07, 6.45) is 8.16. The van der Waals surface area contributed by atoms with Crippen molar-refractivity contribution in [3.63, 3.8) is 0 Å². The van der Waals surface area contributed by atoms with Gasteiger partial charge in [-0.25, -0.2) is 4.68 Å². The van der Waals surface area contributed by atoms with E-state index < -0.39 is 0 Å². The molecular formula is C26H33N5O2. The molecule has 7 heteroatoms. The molecule has 7 nitrogen and oxygen atoms in total. The van der Waals surface area contributed by atoms with E-state index in [2.05, 4.69) is 28.9 Å². The molecule has 2 atom stereocenters. The van der Waals surface area contributed by atoms with Gasteiger partial charge in [-0.3, -0.25) is 4.79 Å². The number of carbonyl (C=O) groups excluding carboxylic acids is 1. The van der Waals surface area contributed by atoms with Gasteiger partial charge in [-0.1, -0.05) is 32.8 Å². The number of rotatable bonds is 5. The van der Waals surface area contributed by atoms with Crippen LogP contribution in [0.25, 0.3) is 17.3 Å². The van der Waals surface area contributed by atoms with E-state index in [0.717, 1.165) is 42.8 Å². The Labute approximate surface area is 195 Å². The number of aryl methyl sites for hydroxylation is 1. The van der Waals surface area contributed by atoms with E-state index in [0.29, 0.717) is 35.4 Å². The smallest absolute Gasteiger partial charge is 0.268 e. The molecule has 1 amide bonds.